The first-order valence-corrected chi connectivity index (χ1v) is 15.7. The molecule has 3 N–H and O–H groups in total. The van der Waals surface area contributed by atoms with Gasteiger partial charge in [0.05, 0.1) is 5.56 Å². The van der Waals surface area contributed by atoms with Crippen LogP contribution in [0.1, 0.15) is 72.3 Å². The van der Waals surface area contributed by atoms with E-state index in [1.54, 1.807) is 4.90 Å². The highest BCUT2D eigenvalue weighted by Gasteiger charge is 2.35. The minimum absolute atomic E-state index is 0.0262. The van der Waals surface area contributed by atoms with Crippen LogP contribution in [0.15, 0.2) is 29.2 Å². The maximum absolute atomic E-state index is 14.6. The van der Waals surface area contributed by atoms with Crippen molar-refractivity contribution in [2.75, 3.05) is 26.2 Å². The molecule has 3 atom stereocenters. The molecule has 2 aromatic carbocycles. The molecule has 8 nitrogen and oxygen atoms in total. The van der Waals surface area contributed by atoms with Crippen LogP contribution in [0.4, 0.5) is 17.6 Å². The minimum Gasteiger partial charge on any atom is -0.350 e. The molecule has 2 heterocycles. The van der Waals surface area contributed by atoms with Crippen LogP contribution in [0.3, 0.4) is 0 Å². The first-order valence-electron chi connectivity index (χ1n) is 14.3. The van der Waals surface area contributed by atoms with Gasteiger partial charge in [-0.3, -0.25) is 9.59 Å². The molecule has 5 rings (SSSR count). The molecule has 0 saturated carbocycles. The molecule has 0 bridgehead atoms. The summed E-state index contributed by atoms with van der Waals surface area (Å²) in [5.74, 6) is -5.80. The average Bonchev–Trinajstić information content (AvgIpc) is 3.59. The second-order valence-corrected chi connectivity index (χ2v) is 13.2. The van der Waals surface area contributed by atoms with Crippen LogP contribution >= 0.6 is 0 Å². The number of nitrogens with one attached hydrogen (secondary N) is 1. The number of hydrogen-bond donors (Lipinski definition) is 2. The zero-order chi connectivity index (χ0) is 30.2. The normalized spacial score (nSPS) is 21.8. The number of benzene rings is 2. The maximum Gasteiger partial charge on any atom is 0.254 e. The van der Waals surface area contributed by atoms with E-state index < -0.39 is 61.7 Å². The summed E-state index contributed by atoms with van der Waals surface area (Å²) in [4.78, 5) is 27.0. The predicted octanol–water partition coefficient (Wildman–Crippen LogP) is 3.59. The van der Waals surface area contributed by atoms with Gasteiger partial charge in [0.1, 0.15) is 16.5 Å². The number of amides is 2. The number of carbonyl (C=O) groups is 2. The Morgan fingerprint density at radius 2 is 1.62 bits per heavy atom. The van der Waals surface area contributed by atoms with Crippen molar-refractivity contribution in [1.82, 2.24) is 14.5 Å². The van der Waals surface area contributed by atoms with E-state index in [-0.39, 0.29) is 37.9 Å². The van der Waals surface area contributed by atoms with Crippen LogP contribution in [0.5, 0.6) is 0 Å². The highest BCUT2D eigenvalue weighted by atomic mass is 32.2. The summed E-state index contributed by atoms with van der Waals surface area (Å²) in [6, 6.07) is 2.44. The molecule has 228 valence electrons. The number of rotatable bonds is 8. The van der Waals surface area contributed by atoms with E-state index in [4.69, 9.17) is 5.73 Å². The smallest absolute Gasteiger partial charge is 0.254 e. The van der Waals surface area contributed by atoms with Crippen molar-refractivity contribution < 1.29 is 35.6 Å². The number of fused-ring (bicyclic) bond motifs is 1. The zero-order valence-electron chi connectivity index (χ0n) is 23.1. The maximum atomic E-state index is 14.6. The molecule has 2 aliphatic heterocycles. The van der Waals surface area contributed by atoms with Crippen molar-refractivity contribution in [3.8, 4) is 0 Å². The zero-order valence-corrected chi connectivity index (χ0v) is 23.9. The molecule has 13 heteroatoms. The van der Waals surface area contributed by atoms with Gasteiger partial charge in [-0.15, -0.1) is 0 Å². The Hall–Kier alpha value is -3.03. The Kier molecular flexibility index (Phi) is 8.91. The van der Waals surface area contributed by atoms with Crippen molar-refractivity contribution in [2.45, 2.75) is 74.3 Å². The summed E-state index contributed by atoms with van der Waals surface area (Å²) in [5.41, 5.74) is 7.06. The van der Waals surface area contributed by atoms with Crippen molar-refractivity contribution >= 4 is 21.8 Å². The second kappa shape index (κ2) is 12.3. The first-order chi connectivity index (χ1) is 20.0. The Balaban J connectivity index is 1.23. The van der Waals surface area contributed by atoms with Crippen LogP contribution in [-0.2, 0) is 21.2 Å². The van der Waals surface area contributed by atoms with Gasteiger partial charge in [0.25, 0.3) is 5.91 Å². The largest absolute Gasteiger partial charge is 0.350 e. The van der Waals surface area contributed by atoms with E-state index in [0.717, 1.165) is 22.9 Å². The molecule has 0 unspecified atom stereocenters. The fourth-order valence-electron chi connectivity index (χ4n) is 6.36. The van der Waals surface area contributed by atoms with Crippen LogP contribution in [0, 0.1) is 23.3 Å². The van der Waals surface area contributed by atoms with Gasteiger partial charge in [-0.1, -0.05) is 6.42 Å². The lowest BCUT2D eigenvalue weighted by Crippen LogP contribution is -2.45. The van der Waals surface area contributed by atoms with Gasteiger partial charge in [0, 0.05) is 56.7 Å². The number of aryl methyl sites for hydroxylation is 1. The van der Waals surface area contributed by atoms with Gasteiger partial charge in [-0.2, -0.15) is 4.31 Å². The van der Waals surface area contributed by atoms with Gasteiger partial charge in [0.15, 0.2) is 11.6 Å². The third-order valence-corrected chi connectivity index (χ3v) is 10.5. The molecule has 2 amide bonds. The van der Waals surface area contributed by atoms with Gasteiger partial charge in [-0.25, -0.2) is 26.0 Å². The van der Waals surface area contributed by atoms with E-state index >= 15 is 0 Å². The highest BCUT2D eigenvalue weighted by Crippen LogP contribution is 2.37. The molecule has 3 aliphatic rings. The van der Waals surface area contributed by atoms with Crippen LogP contribution in [-0.4, -0.2) is 67.7 Å². The van der Waals surface area contributed by atoms with Crippen molar-refractivity contribution in [3.05, 3.63) is 64.2 Å². The monoisotopic (exact) mass is 610 g/mol. The fraction of sp³-hybridized carbons (Fsp3) is 0.517. The summed E-state index contributed by atoms with van der Waals surface area (Å²) >= 11 is 0. The minimum atomic E-state index is -4.25. The molecular weight excluding hydrogens is 576 g/mol. The fourth-order valence-corrected chi connectivity index (χ4v) is 7.95. The third kappa shape index (κ3) is 6.04. The van der Waals surface area contributed by atoms with E-state index in [9.17, 15) is 35.6 Å². The first kappa shape index (κ1) is 30.4. The standard InChI is InChI=1S/C29H34F4N4O4S/c30-22-14-25(33)27(42(40,41)36-8-2-1-3-9-36)13-21(22)29(39)35-16-18-5-4-10-37(18)28(38)15-26(34)19-7-6-17-11-23(31)24(32)12-20(17)19/h11-14,18-19,26H,1-10,15-16,34H2,(H,35,39)/t18-,19-,26-/m0/s1. The molecular formula is C29H34F4N4O4S. The Morgan fingerprint density at radius 3 is 2.36 bits per heavy atom. The van der Waals surface area contributed by atoms with Crippen LogP contribution in [0.2, 0.25) is 0 Å². The molecule has 0 aromatic heterocycles. The summed E-state index contributed by atoms with van der Waals surface area (Å²) < 4.78 is 83.8. The quantitative estimate of drug-likeness (QED) is 0.444. The number of halogens is 4. The molecule has 1 aliphatic carbocycles. The van der Waals surface area contributed by atoms with E-state index in [1.165, 1.54) is 6.07 Å². The predicted molar refractivity (Wildman–Crippen MR) is 146 cm³/mol. The average molecular weight is 611 g/mol. The number of nitrogens with zero attached hydrogens (tertiary/aromatic N) is 2. The lowest BCUT2D eigenvalue weighted by molar-refractivity contribution is -0.132. The Morgan fingerprint density at radius 1 is 0.905 bits per heavy atom. The Labute approximate surface area is 242 Å². The van der Waals surface area contributed by atoms with Crippen LogP contribution < -0.4 is 11.1 Å². The molecule has 2 fully saturated rings. The number of sulfonamides is 1. The lowest BCUT2D eigenvalue weighted by Gasteiger charge is -2.28. The third-order valence-electron chi connectivity index (χ3n) is 8.63. The summed E-state index contributed by atoms with van der Waals surface area (Å²) in [7, 11) is -4.25. The number of piperidine rings is 1. The molecule has 42 heavy (non-hydrogen) atoms. The van der Waals surface area contributed by atoms with Gasteiger partial charge < -0.3 is 16.0 Å². The number of nitrogens with two attached hydrogens (primary N) is 1. The van der Waals surface area contributed by atoms with Gasteiger partial charge in [0.2, 0.25) is 15.9 Å². The van der Waals surface area contributed by atoms with Gasteiger partial charge >= 0.3 is 0 Å². The summed E-state index contributed by atoms with van der Waals surface area (Å²) in [6.45, 7) is 0.842. The van der Waals surface area contributed by atoms with E-state index in [0.29, 0.717) is 62.3 Å². The lowest BCUT2D eigenvalue weighted by atomic mass is 9.91. The summed E-state index contributed by atoms with van der Waals surface area (Å²) in [5, 5.41) is 2.57. The molecule has 2 saturated heterocycles. The number of hydrogen-bond acceptors (Lipinski definition) is 5. The number of carbonyl (C=O) groups excluding carboxylic acids is 2. The van der Waals surface area contributed by atoms with Crippen molar-refractivity contribution in [3.63, 3.8) is 0 Å². The van der Waals surface area contributed by atoms with E-state index in [1.807, 2.05) is 0 Å². The molecule has 2 aromatic rings. The molecule has 0 spiro atoms. The topological polar surface area (TPSA) is 113 Å². The van der Waals surface area contributed by atoms with Crippen molar-refractivity contribution in [1.29, 1.82) is 0 Å². The van der Waals surface area contributed by atoms with Crippen molar-refractivity contribution in [2.24, 2.45) is 5.73 Å². The SMILES string of the molecule is N[C@@H](CC(=O)N1CCC[C@H]1CNC(=O)c1cc(S(=O)(=O)N2CCCCC2)c(F)cc1F)[C@H]1CCc2cc(F)c(F)cc21. The Bertz CT molecular complexity index is 1480. The second-order valence-electron chi connectivity index (χ2n) is 11.3. The van der Waals surface area contributed by atoms with E-state index in [2.05, 4.69) is 5.32 Å². The van der Waals surface area contributed by atoms with Gasteiger partial charge in [-0.05, 0) is 67.9 Å². The number of likely N-dealkylation sites (tertiary alicyclic amines) is 1. The summed E-state index contributed by atoms with van der Waals surface area (Å²) in [6.07, 6.45) is 4.43. The highest BCUT2D eigenvalue weighted by molar-refractivity contribution is 7.89. The molecule has 0 radical (unpaired) electrons. The van der Waals surface area contributed by atoms with Crippen LogP contribution in [0.25, 0.3) is 0 Å².